The Morgan fingerprint density at radius 1 is 1.38 bits per heavy atom. The number of hydrogen-bond acceptors (Lipinski definition) is 4. The van der Waals surface area contributed by atoms with E-state index in [-0.39, 0.29) is 12.5 Å². The molecule has 2 rings (SSSR count). The number of thiophene rings is 1. The molecule has 2 N–H and O–H groups in total. The normalized spacial score (nSPS) is 10.0. The molecule has 0 radical (unpaired) electrons. The van der Waals surface area contributed by atoms with E-state index >= 15 is 0 Å². The van der Waals surface area contributed by atoms with Crippen molar-refractivity contribution in [3.05, 3.63) is 45.5 Å². The summed E-state index contributed by atoms with van der Waals surface area (Å²) in [6.45, 7) is 2.50. The molecule has 2 aromatic heterocycles. The van der Waals surface area contributed by atoms with Gasteiger partial charge in [-0.2, -0.15) is 0 Å². The van der Waals surface area contributed by atoms with Crippen molar-refractivity contribution in [2.75, 3.05) is 6.61 Å². The predicted octanol–water partition coefficient (Wildman–Crippen LogP) is 2.57. The van der Waals surface area contributed by atoms with Crippen LogP contribution in [0.15, 0.2) is 28.7 Å². The van der Waals surface area contributed by atoms with E-state index in [0.29, 0.717) is 18.7 Å². The van der Waals surface area contributed by atoms with Crippen molar-refractivity contribution in [3.8, 4) is 11.8 Å². The van der Waals surface area contributed by atoms with Crippen LogP contribution in [0.3, 0.4) is 0 Å². The van der Waals surface area contributed by atoms with E-state index in [4.69, 9.17) is 9.52 Å². The smallest absolute Gasteiger partial charge is 0.287 e. The van der Waals surface area contributed by atoms with Crippen molar-refractivity contribution >= 4 is 17.2 Å². The molecule has 0 aliphatic rings. The SMILES string of the molecule is CCc1ccc(C(=O)NCc2ccc(C#CCCO)s2)o1. The van der Waals surface area contributed by atoms with Crippen molar-refractivity contribution in [3.63, 3.8) is 0 Å². The third-order valence-electron chi connectivity index (χ3n) is 2.77. The standard InChI is InChI=1S/C16H17NO3S/c1-2-12-6-9-15(20-12)16(19)17-11-14-8-7-13(21-14)5-3-4-10-18/h6-9,18H,2,4,10-11H2,1H3,(H,17,19). The van der Waals surface area contributed by atoms with Crippen LogP contribution >= 0.6 is 11.3 Å². The first-order chi connectivity index (χ1) is 10.2. The summed E-state index contributed by atoms with van der Waals surface area (Å²) >= 11 is 1.53. The molecule has 1 amide bonds. The Morgan fingerprint density at radius 2 is 2.24 bits per heavy atom. The Labute approximate surface area is 127 Å². The first-order valence-corrected chi connectivity index (χ1v) is 7.60. The maximum atomic E-state index is 11.9. The molecule has 0 aliphatic heterocycles. The molecule has 0 saturated heterocycles. The van der Waals surface area contributed by atoms with Crippen molar-refractivity contribution in [1.29, 1.82) is 0 Å². The number of nitrogens with one attached hydrogen (secondary N) is 1. The molecule has 21 heavy (non-hydrogen) atoms. The Hall–Kier alpha value is -2.03. The largest absolute Gasteiger partial charge is 0.456 e. The van der Waals surface area contributed by atoms with Gasteiger partial charge >= 0.3 is 0 Å². The van der Waals surface area contributed by atoms with Crippen LogP contribution in [0.4, 0.5) is 0 Å². The minimum Gasteiger partial charge on any atom is -0.456 e. The molecule has 0 atom stereocenters. The molecular weight excluding hydrogens is 286 g/mol. The average molecular weight is 303 g/mol. The summed E-state index contributed by atoms with van der Waals surface area (Å²) in [6, 6.07) is 7.36. The number of aliphatic hydroxyl groups excluding tert-OH is 1. The summed E-state index contributed by atoms with van der Waals surface area (Å²) in [5.74, 6) is 6.78. The predicted molar refractivity (Wildman–Crippen MR) is 82.2 cm³/mol. The highest BCUT2D eigenvalue weighted by molar-refractivity contribution is 7.12. The molecular formula is C16H17NO3S. The first kappa shape index (κ1) is 15.4. The lowest BCUT2D eigenvalue weighted by Gasteiger charge is -2.00. The van der Waals surface area contributed by atoms with Crippen LogP contribution < -0.4 is 5.32 Å². The zero-order valence-corrected chi connectivity index (χ0v) is 12.6. The lowest BCUT2D eigenvalue weighted by Crippen LogP contribution is -2.21. The van der Waals surface area contributed by atoms with Crippen LogP contribution in [0.1, 0.15) is 39.4 Å². The highest BCUT2D eigenvalue weighted by Gasteiger charge is 2.10. The monoisotopic (exact) mass is 303 g/mol. The van der Waals surface area contributed by atoms with E-state index in [2.05, 4.69) is 17.2 Å². The maximum absolute atomic E-state index is 11.9. The van der Waals surface area contributed by atoms with Crippen molar-refractivity contribution in [2.24, 2.45) is 0 Å². The average Bonchev–Trinajstić information content (AvgIpc) is 3.14. The number of carbonyl (C=O) groups is 1. The van der Waals surface area contributed by atoms with Crippen molar-refractivity contribution in [2.45, 2.75) is 26.3 Å². The highest BCUT2D eigenvalue weighted by Crippen LogP contribution is 2.15. The third kappa shape index (κ3) is 4.48. The van der Waals surface area contributed by atoms with Gasteiger partial charge in [0.2, 0.25) is 0 Å². The van der Waals surface area contributed by atoms with Crippen LogP contribution in [0.25, 0.3) is 0 Å². The number of carbonyl (C=O) groups excluding carboxylic acids is 1. The van der Waals surface area contributed by atoms with E-state index < -0.39 is 0 Å². The Kier molecular flexibility index (Phi) is 5.61. The van der Waals surface area contributed by atoms with Gasteiger partial charge < -0.3 is 14.8 Å². The van der Waals surface area contributed by atoms with E-state index in [1.54, 1.807) is 6.07 Å². The second-order valence-corrected chi connectivity index (χ2v) is 5.51. The van der Waals surface area contributed by atoms with Gasteiger partial charge in [-0.1, -0.05) is 18.8 Å². The van der Waals surface area contributed by atoms with Crippen LogP contribution in [0.5, 0.6) is 0 Å². The van der Waals surface area contributed by atoms with Gasteiger partial charge in [0.25, 0.3) is 5.91 Å². The molecule has 0 aliphatic carbocycles. The number of rotatable bonds is 5. The highest BCUT2D eigenvalue weighted by atomic mass is 32.1. The van der Waals surface area contributed by atoms with Crippen molar-refractivity contribution < 1.29 is 14.3 Å². The number of aryl methyl sites for hydroxylation is 1. The van der Waals surface area contributed by atoms with Gasteiger partial charge in [0.05, 0.1) is 18.0 Å². The molecule has 0 fully saturated rings. The number of hydrogen-bond donors (Lipinski definition) is 2. The van der Waals surface area contributed by atoms with Crippen LogP contribution in [-0.4, -0.2) is 17.6 Å². The van der Waals surface area contributed by atoms with Gasteiger partial charge in [-0.15, -0.1) is 11.3 Å². The zero-order valence-electron chi connectivity index (χ0n) is 11.8. The molecule has 0 bridgehead atoms. The first-order valence-electron chi connectivity index (χ1n) is 6.78. The van der Waals surface area contributed by atoms with Crippen LogP contribution in [-0.2, 0) is 13.0 Å². The van der Waals surface area contributed by atoms with Gasteiger partial charge in [-0.05, 0) is 24.3 Å². The van der Waals surface area contributed by atoms with E-state index in [0.717, 1.165) is 21.9 Å². The summed E-state index contributed by atoms with van der Waals surface area (Å²) < 4.78 is 5.40. The minimum absolute atomic E-state index is 0.0736. The Morgan fingerprint density at radius 3 is 2.95 bits per heavy atom. The Bertz CT molecular complexity index is 660. The molecule has 0 spiro atoms. The lowest BCUT2D eigenvalue weighted by molar-refractivity contribution is 0.0922. The van der Waals surface area contributed by atoms with Gasteiger partial charge in [0, 0.05) is 17.7 Å². The molecule has 0 aromatic carbocycles. The fourth-order valence-corrected chi connectivity index (χ4v) is 2.51. The fourth-order valence-electron chi connectivity index (χ4n) is 1.69. The topological polar surface area (TPSA) is 62.5 Å². The molecule has 2 heterocycles. The molecule has 0 unspecified atom stereocenters. The summed E-state index contributed by atoms with van der Waals surface area (Å²) in [5.41, 5.74) is 0. The minimum atomic E-state index is -0.212. The van der Waals surface area contributed by atoms with Gasteiger partial charge in [0.15, 0.2) is 5.76 Å². The summed E-state index contributed by atoms with van der Waals surface area (Å²) in [4.78, 5) is 13.9. The van der Waals surface area contributed by atoms with E-state index in [9.17, 15) is 4.79 Å². The second kappa shape index (κ2) is 7.67. The summed E-state index contributed by atoms with van der Waals surface area (Å²) in [5, 5.41) is 11.5. The van der Waals surface area contributed by atoms with Gasteiger partial charge in [-0.3, -0.25) is 4.79 Å². The molecule has 110 valence electrons. The van der Waals surface area contributed by atoms with E-state index in [1.165, 1.54) is 11.3 Å². The quantitative estimate of drug-likeness (QED) is 0.835. The lowest BCUT2D eigenvalue weighted by atomic mass is 10.3. The number of aliphatic hydroxyl groups is 1. The maximum Gasteiger partial charge on any atom is 0.287 e. The summed E-state index contributed by atoms with van der Waals surface area (Å²) in [6.07, 6.45) is 1.25. The molecule has 5 heteroatoms. The molecule has 4 nitrogen and oxygen atoms in total. The third-order valence-corrected chi connectivity index (χ3v) is 3.77. The number of amides is 1. The summed E-state index contributed by atoms with van der Waals surface area (Å²) in [7, 11) is 0. The zero-order chi connectivity index (χ0) is 15.1. The fraction of sp³-hybridized carbons (Fsp3) is 0.312. The molecule has 0 saturated carbocycles. The number of furan rings is 1. The van der Waals surface area contributed by atoms with Gasteiger partial charge in [-0.25, -0.2) is 0 Å². The van der Waals surface area contributed by atoms with Gasteiger partial charge in [0.1, 0.15) is 5.76 Å². The Balaban J connectivity index is 1.88. The van der Waals surface area contributed by atoms with Crippen LogP contribution in [0, 0.1) is 11.8 Å². The van der Waals surface area contributed by atoms with E-state index in [1.807, 2.05) is 25.1 Å². The van der Waals surface area contributed by atoms with Crippen LogP contribution in [0.2, 0.25) is 0 Å². The molecule has 2 aromatic rings. The second-order valence-electron chi connectivity index (χ2n) is 4.34. The van der Waals surface area contributed by atoms with Crippen molar-refractivity contribution in [1.82, 2.24) is 5.32 Å².